The monoisotopic (exact) mass is 493 g/mol. The summed E-state index contributed by atoms with van der Waals surface area (Å²) in [5.74, 6) is 1.60. The molecule has 192 valence electrons. The molecule has 0 spiro atoms. The third kappa shape index (κ3) is 5.16. The molecular weight excluding hydrogens is 458 g/mol. The van der Waals surface area contributed by atoms with Gasteiger partial charge < -0.3 is 18.6 Å². The molecule has 3 aromatic rings. The summed E-state index contributed by atoms with van der Waals surface area (Å²) in [5, 5.41) is 13.0. The summed E-state index contributed by atoms with van der Waals surface area (Å²) in [5.41, 5.74) is 1.85. The summed E-state index contributed by atoms with van der Waals surface area (Å²) < 4.78 is 17.3. The minimum absolute atomic E-state index is 0.132. The number of aryl methyl sites for hydroxylation is 1. The molecule has 0 aliphatic carbocycles. The number of aromatic nitrogens is 3. The Morgan fingerprint density at radius 3 is 2.61 bits per heavy atom. The summed E-state index contributed by atoms with van der Waals surface area (Å²) >= 11 is 0. The standard InChI is InChI=1S/C27H35N5O4/c1-18-23(24(30-36-18)19-11-6-5-7-12-19)25-29-28-22(34-25)17-31-15-9-8-13-20(31)21-14-10-16-32(21)26(33)35-27(2,3)4/h5-7,11-12,20-21H,8-10,13-17H2,1-4H3/t20-,21+/m0/s1. The Kier molecular flexibility index (Phi) is 6.83. The van der Waals surface area contributed by atoms with Crippen LogP contribution < -0.4 is 0 Å². The van der Waals surface area contributed by atoms with Crippen LogP contribution in [0.25, 0.3) is 22.7 Å². The van der Waals surface area contributed by atoms with Crippen molar-refractivity contribution in [2.45, 2.75) is 84.0 Å². The SMILES string of the molecule is Cc1onc(-c2ccccc2)c1-c1nnc(CN2CCCC[C@H]2[C@H]2CCCN2C(=O)OC(C)(C)C)o1. The van der Waals surface area contributed by atoms with Gasteiger partial charge in [-0.2, -0.15) is 0 Å². The van der Waals surface area contributed by atoms with Gasteiger partial charge in [-0.3, -0.25) is 4.90 Å². The maximum absolute atomic E-state index is 12.9. The van der Waals surface area contributed by atoms with E-state index in [1.54, 1.807) is 0 Å². The first-order chi connectivity index (χ1) is 17.3. The number of hydrogen-bond donors (Lipinski definition) is 0. The molecule has 2 aliphatic heterocycles. The molecular formula is C27H35N5O4. The molecule has 36 heavy (non-hydrogen) atoms. The fourth-order valence-corrected chi connectivity index (χ4v) is 5.40. The van der Waals surface area contributed by atoms with Crippen LogP contribution in [0.3, 0.4) is 0 Å². The van der Waals surface area contributed by atoms with Gasteiger partial charge in [0.15, 0.2) is 0 Å². The summed E-state index contributed by atoms with van der Waals surface area (Å²) in [6.45, 7) is 9.81. The van der Waals surface area contributed by atoms with Crippen molar-refractivity contribution < 1.29 is 18.5 Å². The van der Waals surface area contributed by atoms with Crippen LogP contribution >= 0.6 is 0 Å². The third-order valence-corrected chi connectivity index (χ3v) is 6.96. The van der Waals surface area contributed by atoms with Gasteiger partial charge in [-0.1, -0.05) is 41.9 Å². The molecule has 0 saturated carbocycles. The van der Waals surface area contributed by atoms with Crippen LogP contribution in [0.4, 0.5) is 4.79 Å². The highest BCUT2D eigenvalue weighted by atomic mass is 16.6. The topological polar surface area (TPSA) is 97.7 Å². The fourth-order valence-electron chi connectivity index (χ4n) is 5.40. The second kappa shape index (κ2) is 10.0. The first kappa shape index (κ1) is 24.5. The number of amides is 1. The van der Waals surface area contributed by atoms with Gasteiger partial charge in [0.1, 0.15) is 22.6 Å². The molecule has 2 atom stereocenters. The van der Waals surface area contributed by atoms with E-state index < -0.39 is 5.60 Å². The van der Waals surface area contributed by atoms with Gasteiger partial charge in [0.05, 0.1) is 12.6 Å². The van der Waals surface area contributed by atoms with Gasteiger partial charge >= 0.3 is 6.09 Å². The highest BCUT2D eigenvalue weighted by molar-refractivity contribution is 5.77. The highest BCUT2D eigenvalue weighted by Gasteiger charge is 2.40. The Labute approximate surface area is 211 Å². The average molecular weight is 494 g/mol. The second-order valence-electron chi connectivity index (χ2n) is 10.7. The summed E-state index contributed by atoms with van der Waals surface area (Å²) in [6.07, 6.45) is 5.05. The minimum atomic E-state index is -0.505. The lowest BCUT2D eigenvalue weighted by molar-refractivity contribution is 0.00540. The van der Waals surface area contributed by atoms with Crippen LogP contribution in [0.2, 0.25) is 0 Å². The van der Waals surface area contributed by atoms with E-state index in [4.69, 9.17) is 13.7 Å². The zero-order valence-electron chi connectivity index (χ0n) is 21.6. The number of piperidine rings is 1. The molecule has 0 N–H and O–H groups in total. The van der Waals surface area contributed by atoms with E-state index in [9.17, 15) is 4.79 Å². The van der Waals surface area contributed by atoms with Gasteiger partial charge in [0.25, 0.3) is 5.89 Å². The summed E-state index contributed by atoms with van der Waals surface area (Å²) in [7, 11) is 0. The molecule has 0 radical (unpaired) electrons. The lowest BCUT2D eigenvalue weighted by Gasteiger charge is -2.41. The van der Waals surface area contributed by atoms with Crippen LogP contribution in [0.5, 0.6) is 0 Å². The number of carbonyl (C=O) groups is 1. The molecule has 9 nitrogen and oxygen atoms in total. The Morgan fingerprint density at radius 1 is 1.06 bits per heavy atom. The van der Waals surface area contributed by atoms with Crippen LogP contribution in [-0.2, 0) is 11.3 Å². The lowest BCUT2D eigenvalue weighted by Crippen LogP contribution is -2.53. The van der Waals surface area contributed by atoms with Crippen molar-refractivity contribution in [1.29, 1.82) is 0 Å². The van der Waals surface area contributed by atoms with E-state index in [-0.39, 0.29) is 18.2 Å². The molecule has 2 aromatic heterocycles. The molecule has 0 unspecified atom stereocenters. The first-order valence-electron chi connectivity index (χ1n) is 12.9. The van der Waals surface area contributed by atoms with Gasteiger partial charge in [-0.15, -0.1) is 10.2 Å². The van der Waals surface area contributed by atoms with Crippen LogP contribution in [0.15, 0.2) is 39.3 Å². The van der Waals surface area contributed by atoms with E-state index in [1.165, 1.54) is 0 Å². The smallest absolute Gasteiger partial charge is 0.410 e. The number of ether oxygens (including phenoxy) is 1. The molecule has 5 rings (SSSR count). The molecule has 2 saturated heterocycles. The number of nitrogens with zero attached hydrogens (tertiary/aromatic N) is 5. The predicted octanol–water partition coefficient (Wildman–Crippen LogP) is 5.45. The molecule has 9 heteroatoms. The van der Waals surface area contributed by atoms with Gasteiger partial charge in [-0.25, -0.2) is 4.79 Å². The first-order valence-corrected chi connectivity index (χ1v) is 12.9. The normalized spacial score (nSPS) is 21.2. The van der Waals surface area contributed by atoms with Crippen LogP contribution in [-0.4, -0.2) is 62.0 Å². The molecule has 2 aliphatic rings. The maximum Gasteiger partial charge on any atom is 0.410 e. The molecule has 1 amide bonds. The van der Waals surface area contributed by atoms with E-state index in [2.05, 4.69) is 20.3 Å². The van der Waals surface area contributed by atoms with E-state index in [0.29, 0.717) is 29.8 Å². The highest BCUT2D eigenvalue weighted by Crippen LogP contribution is 2.35. The predicted molar refractivity (Wildman–Crippen MR) is 134 cm³/mol. The zero-order chi connectivity index (χ0) is 25.3. The Hall–Kier alpha value is -3.20. The molecule has 2 fully saturated rings. The fraction of sp³-hybridized carbons (Fsp3) is 0.556. The van der Waals surface area contributed by atoms with Crippen molar-refractivity contribution in [3.63, 3.8) is 0 Å². The van der Waals surface area contributed by atoms with Crippen molar-refractivity contribution in [2.75, 3.05) is 13.1 Å². The number of likely N-dealkylation sites (tertiary alicyclic amines) is 2. The largest absolute Gasteiger partial charge is 0.444 e. The Morgan fingerprint density at radius 2 is 1.83 bits per heavy atom. The van der Waals surface area contributed by atoms with Crippen molar-refractivity contribution in [3.8, 4) is 22.7 Å². The third-order valence-electron chi connectivity index (χ3n) is 6.96. The summed E-state index contributed by atoms with van der Waals surface area (Å²) in [4.78, 5) is 17.3. The van der Waals surface area contributed by atoms with Gasteiger partial charge in [0, 0.05) is 18.2 Å². The van der Waals surface area contributed by atoms with Crippen molar-refractivity contribution in [3.05, 3.63) is 42.0 Å². The molecule has 0 bridgehead atoms. The number of benzene rings is 1. The van der Waals surface area contributed by atoms with Crippen molar-refractivity contribution in [1.82, 2.24) is 25.2 Å². The van der Waals surface area contributed by atoms with Crippen molar-refractivity contribution >= 4 is 6.09 Å². The zero-order valence-corrected chi connectivity index (χ0v) is 21.6. The van der Waals surface area contributed by atoms with Crippen molar-refractivity contribution in [2.24, 2.45) is 0 Å². The lowest BCUT2D eigenvalue weighted by atomic mass is 9.94. The van der Waals surface area contributed by atoms with Crippen LogP contribution in [0.1, 0.15) is 64.5 Å². The average Bonchev–Trinajstić information content (AvgIpc) is 3.59. The van der Waals surface area contributed by atoms with Gasteiger partial charge in [-0.05, 0) is 59.9 Å². The number of rotatable bonds is 5. The minimum Gasteiger partial charge on any atom is -0.444 e. The van der Waals surface area contributed by atoms with Gasteiger partial charge in [0.2, 0.25) is 5.89 Å². The Balaban J connectivity index is 1.34. The quantitative estimate of drug-likeness (QED) is 0.462. The molecule has 4 heterocycles. The van der Waals surface area contributed by atoms with Crippen LogP contribution in [0, 0.1) is 6.92 Å². The summed E-state index contributed by atoms with van der Waals surface area (Å²) in [6, 6.07) is 10.2. The maximum atomic E-state index is 12.9. The Bertz CT molecular complexity index is 1180. The number of hydrogen-bond acceptors (Lipinski definition) is 8. The van der Waals surface area contributed by atoms with E-state index >= 15 is 0 Å². The van der Waals surface area contributed by atoms with E-state index in [1.807, 2.05) is 62.9 Å². The second-order valence-corrected chi connectivity index (χ2v) is 10.7. The van der Waals surface area contributed by atoms with E-state index in [0.717, 1.165) is 56.3 Å². The molecule has 1 aromatic carbocycles. The number of carbonyl (C=O) groups excluding carboxylic acids is 1.